The van der Waals surface area contributed by atoms with Gasteiger partial charge in [0.25, 0.3) is 0 Å². The van der Waals surface area contributed by atoms with Crippen LogP contribution in [-0.2, 0) is 5.41 Å². The van der Waals surface area contributed by atoms with E-state index in [9.17, 15) is 0 Å². The lowest BCUT2D eigenvalue weighted by atomic mass is 9.82. The van der Waals surface area contributed by atoms with Crippen LogP contribution in [0.3, 0.4) is 0 Å². The highest BCUT2D eigenvalue weighted by atomic mass is 16.3. The largest absolute Gasteiger partial charge is 0.472 e. The molecule has 4 nitrogen and oxygen atoms in total. The Balaban J connectivity index is 1.90. The molecule has 0 aliphatic carbocycles. The minimum Gasteiger partial charge on any atom is -0.472 e. The van der Waals surface area contributed by atoms with Gasteiger partial charge in [0.15, 0.2) is 0 Å². The molecule has 5 rings (SSSR count). The predicted molar refractivity (Wildman–Crippen MR) is 126 cm³/mol. The molecule has 0 saturated heterocycles. The van der Waals surface area contributed by atoms with Crippen LogP contribution >= 0.6 is 0 Å². The van der Waals surface area contributed by atoms with E-state index < -0.39 is 0 Å². The maximum absolute atomic E-state index is 6.07. The third-order valence-corrected chi connectivity index (χ3v) is 5.56. The lowest BCUT2D eigenvalue weighted by Gasteiger charge is -2.22. The van der Waals surface area contributed by atoms with Gasteiger partial charge in [-0.05, 0) is 52.4 Å². The smallest absolute Gasteiger partial charge is 0.230 e. The Labute approximate surface area is 180 Å². The van der Waals surface area contributed by atoms with E-state index in [-0.39, 0.29) is 5.41 Å². The molecule has 0 aliphatic heterocycles. The van der Waals surface area contributed by atoms with Gasteiger partial charge < -0.3 is 8.83 Å². The fraction of sp³-hybridized carbons (Fsp3) is 0.185. The summed E-state index contributed by atoms with van der Waals surface area (Å²) in [5, 5.41) is 4.32. The van der Waals surface area contributed by atoms with E-state index in [4.69, 9.17) is 13.8 Å². The summed E-state index contributed by atoms with van der Waals surface area (Å²) in [7, 11) is 0. The summed E-state index contributed by atoms with van der Waals surface area (Å²) in [4.78, 5) is 9.12. The standard InChI is InChI=1S/C27H24N2O2/c1-17-9-10-21-23(11-12-30-15-17)31-26-24(21)25(28-16-29-26)19-13-18-7-5-6-8-20(18)22(14-19)27(2,3)4/h5-16H,1-4H3. The zero-order valence-corrected chi connectivity index (χ0v) is 18.1. The molecule has 4 heteroatoms. The van der Waals surface area contributed by atoms with E-state index in [1.54, 1.807) is 18.9 Å². The highest BCUT2D eigenvalue weighted by molar-refractivity contribution is 6.10. The Bertz CT molecular complexity index is 1480. The van der Waals surface area contributed by atoms with E-state index in [1.165, 1.54) is 16.3 Å². The van der Waals surface area contributed by atoms with Gasteiger partial charge in [-0.1, -0.05) is 51.1 Å². The van der Waals surface area contributed by atoms with Gasteiger partial charge in [-0.25, -0.2) is 9.97 Å². The molecule has 3 aromatic heterocycles. The zero-order chi connectivity index (χ0) is 21.6. The molecule has 0 N–H and O–H groups in total. The van der Waals surface area contributed by atoms with Crippen molar-refractivity contribution in [3.8, 4) is 11.3 Å². The summed E-state index contributed by atoms with van der Waals surface area (Å²) in [6.45, 7) is 8.73. The normalized spacial score (nSPS) is 11.9. The van der Waals surface area contributed by atoms with Crippen LogP contribution in [0.25, 0.3) is 44.1 Å². The molecule has 3 heterocycles. The Morgan fingerprint density at radius 1 is 0.871 bits per heavy atom. The Hall–Kier alpha value is -3.66. The third-order valence-electron chi connectivity index (χ3n) is 5.56. The van der Waals surface area contributed by atoms with Crippen LogP contribution in [0, 0.1) is 6.92 Å². The maximum Gasteiger partial charge on any atom is 0.230 e. The number of aryl methyl sites for hydroxylation is 1. The SMILES string of the molecule is Cc1ccc2c(ccoc1)oc1ncnc(-c3cc(C(C)(C)C)c4ccccc4c3)c12. The number of hydrogen-bond donors (Lipinski definition) is 0. The molecule has 0 atom stereocenters. The first kappa shape index (κ1) is 19.3. The summed E-state index contributed by atoms with van der Waals surface area (Å²) in [5.41, 5.74) is 5.48. The van der Waals surface area contributed by atoms with Crippen molar-refractivity contribution in [1.82, 2.24) is 9.97 Å². The van der Waals surface area contributed by atoms with Crippen LogP contribution < -0.4 is 0 Å². The number of aromatic nitrogens is 2. The van der Waals surface area contributed by atoms with Gasteiger partial charge in [0.2, 0.25) is 5.71 Å². The topological polar surface area (TPSA) is 52.1 Å². The zero-order valence-electron chi connectivity index (χ0n) is 18.1. The van der Waals surface area contributed by atoms with E-state index in [0.717, 1.165) is 27.6 Å². The minimum atomic E-state index is -0.00716. The monoisotopic (exact) mass is 408 g/mol. The minimum absolute atomic E-state index is 0.00716. The number of nitrogens with zero attached hydrogens (tertiary/aromatic N) is 2. The van der Waals surface area contributed by atoms with Crippen molar-refractivity contribution < 1.29 is 8.83 Å². The summed E-state index contributed by atoms with van der Waals surface area (Å²) >= 11 is 0. The van der Waals surface area contributed by atoms with Crippen molar-refractivity contribution in [1.29, 1.82) is 0 Å². The average Bonchev–Trinajstić information content (AvgIpc) is 3.13. The Kier molecular flexibility index (Phi) is 4.51. The molecule has 0 spiro atoms. The van der Waals surface area contributed by atoms with E-state index in [1.807, 2.05) is 25.1 Å². The first-order valence-corrected chi connectivity index (χ1v) is 10.4. The fourth-order valence-electron chi connectivity index (χ4n) is 4.05. The van der Waals surface area contributed by atoms with Gasteiger partial charge in [0, 0.05) is 17.0 Å². The molecule has 0 bridgehead atoms. The number of benzene rings is 2. The Morgan fingerprint density at radius 2 is 1.71 bits per heavy atom. The van der Waals surface area contributed by atoms with Crippen LogP contribution in [0.4, 0.5) is 0 Å². The van der Waals surface area contributed by atoms with E-state index >= 15 is 0 Å². The molecular weight excluding hydrogens is 384 g/mol. The first-order chi connectivity index (χ1) is 14.9. The molecule has 31 heavy (non-hydrogen) atoms. The summed E-state index contributed by atoms with van der Waals surface area (Å²) in [5.74, 6) is 0. The average molecular weight is 409 g/mol. The van der Waals surface area contributed by atoms with Crippen molar-refractivity contribution >= 4 is 32.8 Å². The summed E-state index contributed by atoms with van der Waals surface area (Å²) < 4.78 is 11.5. The van der Waals surface area contributed by atoms with Gasteiger partial charge in [-0.3, -0.25) is 0 Å². The van der Waals surface area contributed by atoms with Crippen LogP contribution in [0.2, 0.25) is 0 Å². The molecule has 0 radical (unpaired) electrons. The van der Waals surface area contributed by atoms with Gasteiger partial charge in [0.1, 0.15) is 11.9 Å². The van der Waals surface area contributed by atoms with Gasteiger partial charge in [-0.15, -0.1) is 0 Å². The van der Waals surface area contributed by atoms with Gasteiger partial charge in [-0.2, -0.15) is 0 Å². The lowest BCUT2D eigenvalue weighted by Crippen LogP contribution is -2.12. The molecular formula is C27H24N2O2. The van der Waals surface area contributed by atoms with Crippen LogP contribution in [0.5, 0.6) is 0 Å². The second-order valence-electron chi connectivity index (χ2n) is 8.91. The van der Waals surface area contributed by atoms with Gasteiger partial charge in [0.05, 0.1) is 23.6 Å². The van der Waals surface area contributed by atoms with Crippen molar-refractivity contribution in [2.75, 3.05) is 0 Å². The fourth-order valence-corrected chi connectivity index (χ4v) is 4.05. The molecule has 0 aliphatic rings. The third kappa shape index (κ3) is 3.44. The lowest BCUT2D eigenvalue weighted by molar-refractivity contribution is 0.549. The summed E-state index contributed by atoms with van der Waals surface area (Å²) in [6.07, 6.45) is 4.90. The van der Waals surface area contributed by atoms with Crippen molar-refractivity contribution in [2.24, 2.45) is 0 Å². The van der Waals surface area contributed by atoms with Crippen LogP contribution in [0.15, 0.2) is 82.3 Å². The second-order valence-corrected chi connectivity index (χ2v) is 8.91. The van der Waals surface area contributed by atoms with Crippen LogP contribution in [-0.4, -0.2) is 9.97 Å². The quantitative estimate of drug-likeness (QED) is 0.288. The number of fused-ring (bicyclic) bond motifs is 4. The van der Waals surface area contributed by atoms with E-state index in [2.05, 4.69) is 62.2 Å². The first-order valence-electron chi connectivity index (χ1n) is 10.4. The van der Waals surface area contributed by atoms with Gasteiger partial charge >= 0.3 is 0 Å². The summed E-state index contributed by atoms with van der Waals surface area (Å²) in [6, 6.07) is 18.9. The number of hydrogen-bond acceptors (Lipinski definition) is 4. The predicted octanol–water partition coefficient (Wildman–Crippen LogP) is 7.52. The molecule has 0 unspecified atom stereocenters. The number of rotatable bonds is 1. The molecule has 0 fully saturated rings. The molecule has 5 aromatic rings. The highest BCUT2D eigenvalue weighted by Gasteiger charge is 2.20. The molecule has 154 valence electrons. The Morgan fingerprint density at radius 3 is 2.55 bits per heavy atom. The maximum atomic E-state index is 6.07. The molecule has 0 saturated carbocycles. The van der Waals surface area contributed by atoms with Crippen molar-refractivity contribution in [2.45, 2.75) is 33.1 Å². The highest BCUT2D eigenvalue weighted by Crippen LogP contribution is 2.38. The second kappa shape index (κ2) is 7.24. The van der Waals surface area contributed by atoms with Crippen molar-refractivity contribution in [3.05, 3.63) is 84.6 Å². The molecule has 2 aromatic carbocycles. The molecule has 0 amide bonds. The van der Waals surface area contributed by atoms with Crippen LogP contribution in [0.1, 0.15) is 31.9 Å². The number of furan rings is 1. The van der Waals surface area contributed by atoms with E-state index in [0.29, 0.717) is 11.3 Å². The van der Waals surface area contributed by atoms with Crippen molar-refractivity contribution in [3.63, 3.8) is 0 Å².